The van der Waals surface area contributed by atoms with Crippen molar-refractivity contribution >= 4 is 23.1 Å². The van der Waals surface area contributed by atoms with Crippen LogP contribution < -0.4 is 21.9 Å². The minimum atomic E-state index is -1.09. The number of carbonyl (C=O) groups is 2. The first-order valence-electron chi connectivity index (χ1n) is 6.68. The van der Waals surface area contributed by atoms with Crippen LogP contribution in [-0.4, -0.2) is 17.8 Å². The summed E-state index contributed by atoms with van der Waals surface area (Å²) in [5, 5.41) is 0. The number of hydrogen-bond acceptors (Lipinski definition) is 6. The predicted molar refractivity (Wildman–Crippen MR) is 84.3 cm³/mol. The van der Waals surface area contributed by atoms with E-state index >= 15 is 0 Å². The maximum Gasteiger partial charge on any atom is 0.328 e. The molecule has 0 radical (unpaired) electrons. The summed E-state index contributed by atoms with van der Waals surface area (Å²) in [6.45, 7) is 0. The van der Waals surface area contributed by atoms with Crippen molar-refractivity contribution in [1.29, 1.82) is 0 Å². The number of nitrogens with two attached hydrogens (primary N) is 3. The maximum absolute atomic E-state index is 12.1. The van der Waals surface area contributed by atoms with Crippen LogP contribution >= 0.6 is 0 Å². The van der Waals surface area contributed by atoms with Gasteiger partial charge in [-0.05, 0) is 24.3 Å². The Morgan fingerprint density at radius 1 is 0.955 bits per heavy atom. The van der Waals surface area contributed by atoms with Crippen molar-refractivity contribution in [1.82, 2.24) is 0 Å². The van der Waals surface area contributed by atoms with E-state index in [1.165, 1.54) is 0 Å². The van der Waals surface area contributed by atoms with Crippen molar-refractivity contribution in [2.75, 3.05) is 11.5 Å². The van der Waals surface area contributed by atoms with E-state index in [0.717, 1.165) is 0 Å². The standard InChI is InChI=1S/C16H17N3O3/c17-11-6-2-1-5-10(11)14(20)9-13(19)16(21)22-15-8-4-3-7-12(15)18/h1-8,13H,9,17-19H2/t13-/m0/s1. The summed E-state index contributed by atoms with van der Waals surface area (Å²) in [4.78, 5) is 24.0. The van der Waals surface area contributed by atoms with Gasteiger partial charge in [0.25, 0.3) is 0 Å². The van der Waals surface area contributed by atoms with Crippen LogP contribution in [0.2, 0.25) is 0 Å². The number of ether oxygens (including phenoxy) is 1. The fourth-order valence-corrected chi connectivity index (χ4v) is 1.90. The number of benzene rings is 2. The molecule has 0 aliphatic heterocycles. The molecule has 6 N–H and O–H groups in total. The summed E-state index contributed by atoms with van der Waals surface area (Å²) in [7, 11) is 0. The highest BCUT2D eigenvalue weighted by Gasteiger charge is 2.22. The fraction of sp³-hybridized carbons (Fsp3) is 0.125. The minimum absolute atomic E-state index is 0.195. The van der Waals surface area contributed by atoms with Crippen LogP contribution in [0, 0.1) is 0 Å². The molecular weight excluding hydrogens is 282 g/mol. The van der Waals surface area contributed by atoms with Crippen LogP contribution in [0.5, 0.6) is 5.75 Å². The highest BCUT2D eigenvalue weighted by molar-refractivity contribution is 6.02. The molecular formula is C16H17N3O3. The summed E-state index contributed by atoms with van der Waals surface area (Å²) in [6, 6.07) is 12.1. The lowest BCUT2D eigenvalue weighted by atomic mass is 10.0. The quantitative estimate of drug-likeness (QED) is 0.331. The molecule has 114 valence electrons. The molecule has 0 amide bonds. The molecule has 0 aromatic heterocycles. The molecule has 1 atom stereocenters. The van der Waals surface area contributed by atoms with Crippen LogP contribution in [0.3, 0.4) is 0 Å². The summed E-state index contributed by atoms with van der Waals surface area (Å²) in [6.07, 6.45) is -0.195. The number of anilines is 2. The van der Waals surface area contributed by atoms with Crippen molar-refractivity contribution in [3.8, 4) is 5.75 Å². The SMILES string of the molecule is Nc1ccccc1OC(=O)[C@@H](N)CC(=O)c1ccccc1N. The Kier molecular flexibility index (Phi) is 4.75. The second-order valence-electron chi connectivity index (χ2n) is 4.78. The van der Waals surface area contributed by atoms with Gasteiger partial charge in [-0.3, -0.25) is 4.79 Å². The van der Waals surface area contributed by atoms with Crippen molar-refractivity contribution < 1.29 is 14.3 Å². The molecule has 0 aliphatic carbocycles. The monoisotopic (exact) mass is 299 g/mol. The summed E-state index contributed by atoms with van der Waals surface area (Å²) < 4.78 is 5.10. The molecule has 0 saturated carbocycles. The number of ketones is 1. The number of carbonyl (C=O) groups excluding carboxylic acids is 2. The fourth-order valence-electron chi connectivity index (χ4n) is 1.90. The van der Waals surface area contributed by atoms with Crippen LogP contribution in [0.4, 0.5) is 11.4 Å². The molecule has 2 rings (SSSR count). The number of rotatable bonds is 5. The highest BCUT2D eigenvalue weighted by Crippen LogP contribution is 2.20. The lowest BCUT2D eigenvalue weighted by Gasteiger charge is -2.12. The van der Waals surface area contributed by atoms with Gasteiger partial charge in [0.2, 0.25) is 0 Å². The topological polar surface area (TPSA) is 121 Å². The Balaban J connectivity index is 2.01. The lowest BCUT2D eigenvalue weighted by Crippen LogP contribution is -2.36. The van der Waals surface area contributed by atoms with Gasteiger partial charge in [0, 0.05) is 17.7 Å². The molecule has 0 spiro atoms. The average molecular weight is 299 g/mol. The third-order valence-electron chi connectivity index (χ3n) is 3.10. The second kappa shape index (κ2) is 6.73. The van der Waals surface area contributed by atoms with E-state index in [1.54, 1.807) is 48.5 Å². The zero-order chi connectivity index (χ0) is 16.1. The first kappa shape index (κ1) is 15.5. The third-order valence-corrected chi connectivity index (χ3v) is 3.10. The van der Waals surface area contributed by atoms with Crippen molar-refractivity contribution in [2.45, 2.75) is 12.5 Å². The first-order valence-corrected chi connectivity index (χ1v) is 6.68. The smallest absolute Gasteiger partial charge is 0.328 e. The molecule has 0 heterocycles. The summed E-state index contributed by atoms with van der Waals surface area (Å²) in [5.41, 5.74) is 18.1. The number of esters is 1. The molecule has 0 bridgehead atoms. The van der Waals surface area contributed by atoms with Crippen molar-refractivity contribution in [2.24, 2.45) is 5.73 Å². The molecule has 0 fully saturated rings. The van der Waals surface area contributed by atoms with E-state index in [2.05, 4.69) is 0 Å². The Labute approximate surface area is 127 Å². The zero-order valence-corrected chi connectivity index (χ0v) is 11.9. The van der Waals surface area contributed by atoms with E-state index in [0.29, 0.717) is 16.9 Å². The molecule has 22 heavy (non-hydrogen) atoms. The second-order valence-corrected chi connectivity index (χ2v) is 4.78. The number of hydrogen-bond donors (Lipinski definition) is 3. The van der Waals surface area contributed by atoms with E-state index in [9.17, 15) is 9.59 Å². The van der Waals surface area contributed by atoms with Crippen LogP contribution in [0.15, 0.2) is 48.5 Å². The highest BCUT2D eigenvalue weighted by atomic mass is 16.5. The largest absolute Gasteiger partial charge is 0.423 e. The van der Waals surface area contributed by atoms with E-state index < -0.39 is 12.0 Å². The molecule has 2 aromatic rings. The molecule has 0 unspecified atom stereocenters. The van der Waals surface area contributed by atoms with E-state index in [-0.39, 0.29) is 18.0 Å². The van der Waals surface area contributed by atoms with Crippen LogP contribution in [-0.2, 0) is 4.79 Å². The van der Waals surface area contributed by atoms with Gasteiger partial charge in [-0.2, -0.15) is 0 Å². The molecule has 0 saturated heterocycles. The van der Waals surface area contributed by atoms with Gasteiger partial charge < -0.3 is 21.9 Å². The Morgan fingerprint density at radius 2 is 1.55 bits per heavy atom. The number of Topliss-reactive ketones (excluding diaryl/α,β-unsaturated/α-hetero) is 1. The number of nitrogen functional groups attached to an aromatic ring is 2. The first-order chi connectivity index (χ1) is 10.5. The van der Waals surface area contributed by atoms with E-state index in [1.807, 2.05) is 0 Å². The molecule has 2 aromatic carbocycles. The normalized spacial score (nSPS) is 11.7. The Bertz CT molecular complexity index is 701. The van der Waals surface area contributed by atoms with Crippen LogP contribution in [0.1, 0.15) is 16.8 Å². The maximum atomic E-state index is 12.1. The summed E-state index contributed by atoms with van der Waals surface area (Å²) in [5.74, 6) is -0.820. The van der Waals surface area contributed by atoms with E-state index in [4.69, 9.17) is 21.9 Å². The van der Waals surface area contributed by atoms with Gasteiger partial charge in [0.15, 0.2) is 11.5 Å². The van der Waals surface area contributed by atoms with Gasteiger partial charge in [-0.1, -0.05) is 24.3 Å². The lowest BCUT2D eigenvalue weighted by molar-refractivity contribution is -0.135. The Hall–Kier alpha value is -2.86. The van der Waals surface area contributed by atoms with Gasteiger partial charge in [-0.15, -0.1) is 0 Å². The van der Waals surface area contributed by atoms with Gasteiger partial charge in [-0.25, -0.2) is 4.79 Å². The van der Waals surface area contributed by atoms with Crippen LogP contribution in [0.25, 0.3) is 0 Å². The molecule has 6 heteroatoms. The van der Waals surface area contributed by atoms with Crippen molar-refractivity contribution in [3.63, 3.8) is 0 Å². The minimum Gasteiger partial charge on any atom is -0.423 e. The Morgan fingerprint density at radius 3 is 2.18 bits per heavy atom. The molecule has 6 nitrogen and oxygen atoms in total. The predicted octanol–water partition coefficient (Wildman–Crippen LogP) is 1.36. The number of para-hydroxylation sites is 3. The van der Waals surface area contributed by atoms with Gasteiger partial charge in [0.05, 0.1) is 5.69 Å². The van der Waals surface area contributed by atoms with Gasteiger partial charge in [0.1, 0.15) is 6.04 Å². The van der Waals surface area contributed by atoms with Crippen molar-refractivity contribution in [3.05, 3.63) is 54.1 Å². The zero-order valence-electron chi connectivity index (χ0n) is 11.9. The third kappa shape index (κ3) is 3.62. The van der Waals surface area contributed by atoms with Gasteiger partial charge >= 0.3 is 5.97 Å². The summed E-state index contributed by atoms with van der Waals surface area (Å²) >= 11 is 0. The molecule has 0 aliphatic rings. The average Bonchev–Trinajstić information content (AvgIpc) is 2.49.